The van der Waals surface area contributed by atoms with E-state index >= 15 is 0 Å². The van der Waals surface area contributed by atoms with E-state index in [0.717, 1.165) is 11.0 Å². The van der Waals surface area contributed by atoms with Crippen LogP contribution < -0.4 is 0 Å². The summed E-state index contributed by atoms with van der Waals surface area (Å²) >= 11 is 5.72. The maximum atomic E-state index is 13.6. The van der Waals surface area contributed by atoms with E-state index in [1.54, 1.807) is 0 Å². The van der Waals surface area contributed by atoms with E-state index < -0.39 is 23.7 Å². The van der Waals surface area contributed by atoms with E-state index in [9.17, 15) is 14.0 Å². The Morgan fingerprint density at radius 3 is 2.89 bits per heavy atom. The predicted molar refractivity (Wildman–Crippen MR) is 64.7 cm³/mol. The van der Waals surface area contributed by atoms with Gasteiger partial charge in [-0.25, -0.2) is 9.18 Å². The van der Waals surface area contributed by atoms with Crippen LogP contribution >= 0.6 is 11.6 Å². The van der Waals surface area contributed by atoms with Crippen molar-refractivity contribution in [3.8, 4) is 0 Å². The van der Waals surface area contributed by atoms with Gasteiger partial charge in [-0.1, -0.05) is 11.6 Å². The maximum absolute atomic E-state index is 13.6. The minimum atomic E-state index is -1.18. The average Bonchev–Trinajstić information content (AvgIpc) is 2.40. The van der Waals surface area contributed by atoms with Crippen molar-refractivity contribution in [2.24, 2.45) is 0 Å². The number of carboxylic acid groups (broad SMARTS) is 1. The van der Waals surface area contributed by atoms with Crippen molar-refractivity contribution in [3.63, 3.8) is 0 Å². The Labute approximate surface area is 113 Å². The van der Waals surface area contributed by atoms with Crippen molar-refractivity contribution in [1.29, 1.82) is 0 Å². The average molecular weight is 288 g/mol. The van der Waals surface area contributed by atoms with Crippen LogP contribution in [-0.4, -0.2) is 47.7 Å². The van der Waals surface area contributed by atoms with E-state index in [1.807, 2.05) is 0 Å². The molecule has 1 aliphatic heterocycles. The number of aliphatic carboxylic acids is 1. The molecule has 1 unspecified atom stereocenters. The summed E-state index contributed by atoms with van der Waals surface area (Å²) in [7, 11) is 0. The third-order valence-corrected chi connectivity index (χ3v) is 3.07. The van der Waals surface area contributed by atoms with Gasteiger partial charge in [-0.2, -0.15) is 0 Å². The first-order valence-corrected chi connectivity index (χ1v) is 5.95. The molecular weight excluding hydrogens is 277 g/mol. The van der Waals surface area contributed by atoms with Crippen molar-refractivity contribution >= 4 is 23.5 Å². The molecule has 0 aliphatic carbocycles. The quantitative estimate of drug-likeness (QED) is 0.893. The second-order valence-corrected chi connectivity index (χ2v) is 4.49. The first-order valence-electron chi connectivity index (χ1n) is 5.57. The number of amides is 1. The molecule has 1 N–H and O–H groups in total. The molecule has 0 saturated carbocycles. The van der Waals surface area contributed by atoms with Gasteiger partial charge in [-0.05, 0) is 18.2 Å². The highest BCUT2D eigenvalue weighted by Gasteiger charge is 2.34. The summed E-state index contributed by atoms with van der Waals surface area (Å²) in [6.07, 6.45) is 0. The lowest BCUT2D eigenvalue weighted by molar-refractivity contribution is -0.147. The zero-order valence-electron chi connectivity index (χ0n) is 9.81. The predicted octanol–water partition coefficient (Wildman–Crippen LogP) is 1.40. The van der Waals surface area contributed by atoms with Gasteiger partial charge in [0.2, 0.25) is 0 Å². The second-order valence-electron chi connectivity index (χ2n) is 4.05. The normalized spacial score (nSPS) is 19.3. The van der Waals surface area contributed by atoms with Gasteiger partial charge < -0.3 is 14.7 Å². The molecule has 0 spiro atoms. The fraction of sp³-hybridized carbons (Fsp3) is 0.333. The third-order valence-electron chi connectivity index (χ3n) is 2.83. The van der Waals surface area contributed by atoms with Gasteiger partial charge in [-0.3, -0.25) is 4.79 Å². The molecule has 0 aromatic heterocycles. The number of rotatable bonds is 2. The van der Waals surface area contributed by atoms with Crippen molar-refractivity contribution in [3.05, 3.63) is 34.6 Å². The molecule has 1 atom stereocenters. The van der Waals surface area contributed by atoms with Gasteiger partial charge in [0.25, 0.3) is 5.91 Å². The molecule has 1 aliphatic rings. The number of morpholine rings is 1. The number of hydrogen-bond acceptors (Lipinski definition) is 3. The van der Waals surface area contributed by atoms with Gasteiger partial charge in [0, 0.05) is 11.6 Å². The summed E-state index contributed by atoms with van der Waals surface area (Å²) in [5.41, 5.74) is -0.236. The number of hydrogen-bond donors (Lipinski definition) is 1. The largest absolute Gasteiger partial charge is 0.480 e. The van der Waals surface area contributed by atoms with E-state index in [0.29, 0.717) is 0 Å². The van der Waals surface area contributed by atoms with Crippen LogP contribution in [0.2, 0.25) is 5.02 Å². The van der Waals surface area contributed by atoms with E-state index in [2.05, 4.69) is 0 Å². The zero-order valence-corrected chi connectivity index (χ0v) is 10.6. The molecule has 1 aromatic rings. The molecule has 7 heteroatoms. The van der Waals surface area contributed by atoms with E-state index in [-0.39, 0.29) is 30.3 Å². The first kappa shape index (κ1) is 13.8. The van der Waals surface area contributed by atoms with Crippen LogP contribution in [0.1, 0.15) is 10.4 Å². The zero-order chi connectivity index (χ0) is 14.0. The molecule has 102 valence electrons. The Balaban J connectivity index is 2.31. The van der Waals surface area contributed by atoms with Crippen LogP contribution in [0.3, 0.4) is 0 Å². The Morgan fingerprint density at radius 1 is 1.47 bits per heavy atom. The lowest BCUT2D eigenvalue weighted by Gasteiger charge is -2.32. The van der Waals surface area contributed by atoms with Crippen molar-refractivity contribution in [2.45, 2.75) is 6.04 Å². The Morgan fingerprint density at radius 2 is 2.21 bits per heavy atom. The second kappa shape index (κ2) is 5.54. The van der Waals surface area contributed by atoms with Crippen molar-refractivity contribution < 1.29 is 23.8 Å². The number of halogens is 2. The highest BCUT2D eigenvalue weighted by Crippen LogP contribution is 2.19. The fourth-order valence-corrected chi connectivity index (χ4v) is 2.04. The molecule has 1 aromatic carbocycles. The Hall–Kier alpha value is -1.66. The molecule has 2 rings (SSSR count). The minimum absolute atomic E-state index is 0.0990. The first-order chi connectivity index (χ1) is 9.00. The molecule has 1 amide bonds. The number of ether oxygens (including phenoxy) is 1. The maximum Gasteiger partial charge on any atom is 0.328 e. The number of carbonyl (C=O) groups is 2. The summed E-state index contributed by atoms with van der Waals surface area (Å²) < 4.78 is 18.6. The van der Waals surface area contributed by atoms with E-state index in [1.165, 1.54) is 12.1 Å². The molecule has 1 saturated heterocycles. The summed E-state index contributed by atoms with van der Waals surface area (Å²) in [5.74, 6) is -2.61. The number of carboxylic acids is 1. The van der Waals surface area contributed by atoms with Crippen molar-refractivity contribution in [2.75, 3.05) is 19.8 Å². The highest BCUT2D eigenvalue weighted by atomic mass is 35.5. The standard InChI is InChI=1S/C12H11ClFNO4/c13-7-1-2-9(14)8(5-7)11(16)15-3-4-19-6-10(15)12(17)18/h1-2,5,10H,3-4,6H2,(H,17,18). The van der Waals surface area contributed by atoms with E-state index in [4.69, 9.17) is 21.4 Å². The number of nitrogens with zero attached hydrogens (tertiary/aromatic N) is 1. The lowest BCUT2D eigenvalue weighted by Crippen LogP contribution is -2.52. The Bertz CT molecular complexity index is 522. The number of benzene rings is 1. The van der Waals surface area contributed by atoms with Gasteiger partial charge >= 0.3 is 5.97 Å². The summed E-state index contributed by atoms with van der Waals surface area (Å²) in [6.45, 7) is 0.211. The minimum Gasteiger partial charge on any atom is -0.480 e. The van der Waals surface area contributed by atoms with Gasteiger partial charge in [-0.15, -0.1) is 0 Å². The molecule has 0 radical (unpaired) electrons. The van der Waals surface area contributed by atoms with Crippen molar-refractivity contribution in [1.82, 2.24) is 4.90 Å². The lowest BCUT2D eigenvalue weighted by atomic mass is 10.1. The summed E-state index contributed by atoms with van der Waals surface area (Å²) in [6, 6.07) is 2.47. The molecule has 5 nitrogen and oxygen atoms in total. The third kappa shape index (κ3) is 2.85. The smallest absolute Gasteiger partial charge is 0.328 e. The van der Waals surface area contributed by atoms with Crippen LogP contribution in [-0.2, 0) is 9.53 Å². The molecular formula is C12H11ClFNO4. The van der Waals surface area contributed by atoms with Crippen LogP contribution in [0.15, 0.2) is 18.2 Å². The molecule has 1 heterocycles. The van der Waals surface area contributed by atoms with Gasteiger partial charge in [0.15, 0.2) is 6.04 Å². The molecule has 1 fully saturated rings. The van der Waals surface area contributed by atoms with Crippen LogP contribution in [0.5, 0.6) is 0 Å². The number of carbonyl (C=O) groups excluding carboxylic acids is 1. The van der Waals surface area contributed by atoms with Gasteiger partial charge in [0.1, 0.15) is 5.82 Å². The summed E-state index contributed by atoms with van der Waals surface area (Å²) in [4.78, 5) is 24.3. The highest BCUT2D eigenvalue weighted by molar-refractivity contribution is 6.31. The monoisotopic (exact) mass is 287 g/mol. The van der Waals surface area contributed by atoms with Crippen LogP contribution in [0.25, 0.3) is 0 Å². The SMILES string of the molecule is O=C(O)C1COCCN1C(=O)c1cc(Cl)ccc1F. The topological polar surface area (TPSA) is 66.8 Å². The van der Waals surface area contributed by atoms with Crippen LogP contribution in [0, 0.1) is 5.82 Å². The van der Waals surface area contributed by atoms with Gasteiger partial charge in [0.05, 0.1) is 18.8 Å². The summed E-state index contributed by atoms with van der Waals surface area (Å²) in [5, 5.41) is 9.25. The molecule has 0 bridgehead atoms. The molecule has 19 heavy (non-hydrogen) atoms. The Kier molecular flexibility index (Phi) is 4.01. The fourth-order valence-electron chi connectivity index (χ4n) is 1.87. The van der Waals surface area contributed by atoms with Crippen LogP contribution in [0.4, 0.5) is 4.39 Å².